The van der Waals surface area contributed by atoms with Gasteiger partial charge in [0.05, 0.1) is 12.6 Å². The highest BCUT2D eigenvalue weighted by molar-refractivity contribution is 8.93. The number of guanidine groups is 1. The van der Waals surface area contributed by atoms with Crippen molar-refractivity contribution in [2.24, 2.45) is 10.7 Å². The number of amides is 1. The van der Waals surface area contributed by atoms with Crippen molar-refractivity contribution in [3.63, 3.8) is 0 Å². The van der Waals surface area contributed by atoms with Gasteiger partial charge in [0.15, 0.2) is 5.96 Å². The summed E-state index contributed by atoms with van der Waals surface area (Å²) in [4.78, 5) is 14.5. The van der Waals surface area contributed by atoms with Crippen molar-refractivity contribution in [3.05, 3.63) is 0 Å². The van der Waals surface area contributed by atoms with E-state index in [1.807, 2.05) is 0 Å². The molecule has 1 aliphatic rings. The van der Waals surface area contributed by atoms with Crippen molar-refractivity contribution in [1.82, 2.24) is 10.6 Å². The first-order chi connectivity index (χ1) is 5.68. The minimum absolute atomic E-state index is 0. The molecule has 0 fully saturated rings. The second-order valence-electron chi connectivity index (χ2n) is 2.84. The molecule has 0 aromatic heterocycles. The van der Waals surface area contributed by atoms with E-state index in [0.717, 1.165) is 6.42 Å². The summed E-state index contributed by atoms with van der Waals surface area (Å²) in [5.41, 5.74) is 5.41. The van der Waals surface area contributed by atoms with E-state index < -0.39 is 0 Å². The van der Waals surface area contributed by atoms with Gasteiger partial charge in [-0.05, 0) is 6.42 Å². The molecule has 0 radical (unpaired) electrons. The summed E-state index contributed by atoms with van der Waals surface area (Å²) >= 11 is 0. The standard InChI is InChI=1S/C7H14N4O.BrH/c1-5(12)9-3-2-6-4-10-7(8)11-6;/h6H,2-4H2,1H3,(H,9,12)(H3,8,10,11);1H/t6-;/m0./s1. The van der Waals surface area contributed by atoms with Crippen molar-refractivity contribution in [1.29, 1.82) is 0 Å². The van der Waals surface area contributed by atoms with Gasteiger partial charge in [-0.2, -0.15) is 0 Å². The molecule has 0 bridgehead atoms. The number of carbonyl (C=O) groups excluding carboxylic acids is 1. The molecule has 13 heavy (non-hydrogen) atoms. The van der Waals surface area contributed by atoms with Gasteiger partial charge in [0.2, 0.25) is 5.91 Å². The number of hydrogen-bond acceptors (Lipinski definition) is 4. The molecule has 0 aliphatic carbocycles. The van der Waals surface area contributed by atoms with Crippen molar-refractivity contribution >= 4 is 28.8 Å². The minimum atomic E-state index is 0. The Labute approximate surface area is 87.9 Å². The van der Waals surface area contributed by atoms with Gasteiger partial charge in [0, 0.05) is 13.5 Å². The van der Waals surface area contributed by atoms with Gasteiger partial charge >= 0.3 is 0 Å². The number of halogens is 1. The van der Waals surface area contributed by atoms with Crippen molar-refractivity contribution < 1.29 is 4.79 Å². The average Bonchev–Trinajstić information content (AvgIpc) is 2.35. The van der Waals surface area contributed by atoms with Crippen molar-refractivity contribution in [3.8, 4) is 0 Å². The highest BCUT2D eigenvalue weighted by atomic mass is 79.9. The van der Waals surface area contributed by atoms with E-state index in [4.69, 9.17) is 5.73 Å². The van der Waals surface area contributed by atoms with E-state index >= 15 is 0 Å². The number of aliphatic imine (C=N–C) groups is 1. The molecule has 0 unspecified atom stereocenters. The summed E-state index contributed by atoms with van der Waals surface area (Å²) < 4.78 is 0. The van der Waals surface area contributed by atoms with Gasteiger partial charge in [0.1, 0.15) is 0 Å². The fourth-order valence-corrected chi connectivity index (χ4v) is 1.09. The van der Waals surface area contributed by atoms with Crippen LogP contribution < -0.4 is 16.4 Å². The van der Waals surface area contributed by atoms with Gasteiger partial charge in [-0.1, -0.05) is 0 Å². The Morgan fingerprint density at radius 1 is 1.85 bits per heavy atom. The molecule has 5 nitrogen and oxygen atoms in total. The molecule has 0 spiro atoms. The number of hydrogen-bond donors (Lipinski definition) is 3. The van der Waals surface area contributed by atoms with Crippen LogP contribution >= 0.6 is 17.0 Å². The Morgan fingerprint density at radius 3 is 3.00 bits per heavy atom. The molecular weight excluding hydrogens is 236 g/mol. The quantitative estimate of drug-likeness (QED) is 0.625. The van der Waals surface area contributed by atoms with Gasteiger partial charge in [-0.15, -0.1) is 17.0 Å². The highest BCUT2D eigenvalue weighted by Gasteiger charge is 2.13. The van der Waals surface area contributed by atoms with Crippen molar-refractivity contribution in [2.75, 3.05) is 13.1 Å². The zero-order valence-corrected chi connectivity index (χ0v) is 9.25. The largest absolute Gasteiger partial charge is 0.370 e. The second kappa shape index (κ2) is 5.80. The molecule has 1 atom stereocenters. The smallest absolute Gasteiger partial charge is 0.216 e. The van der Waals surface area contributed by atoms with E-state index in [9.17, 15) is 4.79 Å². The Bertz CT molecular complexity index is 207. The summed E-state index contributed by atoms with van der Waals surface area (Å²) in [7, 11) is 0. The lowest BCUT2D eigenvalue weighted by molar-refractivity contribution is -0.118. The summed E-state index contributed by atoms with van der Waals surface area (Å²) in [5, 5.41) is 5.72. The molecule has 76 valence electrons. The molecule has 4 N–H and O–H groups in total. The Morgan fingerprint density at radius 2 is 2.54 bits per heavy atom. The fraction of sp³-hybridized carbons (Fsp3) is 0.714. The van der Waals surface area contributed by atoms with Crippen LogP contribution in [0.15, 0.2) is 4.99 Å². The molecule has 0 saturated heterocycles. The SMILES string of the molecule is Br.CC(=O)NCC[C@H]1CN=C(N)N1. The van der Waals surface area contributed by atoms with Gasteiger partial charge < -0.3 is 16.4 Å². The molecule has 6 heteroatoms. The molecule has 1 rings (SSSR count). The lowest BCUT2D eigenvalue weighted by Gasteiger charge is -2.09. The molecule has 0 aromatic carbocycles. The lowest BCUT2D eigenvalue weighted by Crippen LogP contribution is -2.37. The summed E-state index contributed by atoms with van der Waals surface area (Å²) in [6, 6.07) is 0.289. The van der Waals surface area contributed by atoms with Gasteiger partial charge in [-0.25, -0.2) is 0 Å². The van der Waals surface area contributed by atoms with Crippen LogP contribution in [-0.2, 0) is 4.79 Å². The van der Waals surface area contributed by atoms with E-state index in [1.165, 1.54) is 6.92 Å². The Balaban J connectivity index is 0.00000144. The zero-order chi connectivity index (χ0) is 8.97. The fourth-order valence-electron chi connectivity index (χ4n) is 1.09. The van der Waals surface area contributed by atoms with Crippen LogP contribution in [0.5, 0.6) is 0 Å². The van der Waals surface area contributed by atoms with E-state index in [-0.39, 0.29) is 28.9 Å². The Kier molecular flexibility index (Phi) is 5.45. The third-order valence-corrected chi connectivity index (χ3v) is 1.70. The normalized spacial score (nSPS) is 19.8. The van der Waals surface area contributed by atoms with Crippen LogP contribution in [0.2, 0.25) is 0 Å². The molecular formula is C7H15BrN4O. The maximum Gasteiger partial charge on any atom is 0.216 e. The monoisotopic (exact) mass is 250 g/mol. The predicted molar refractivity (Wildman–Crippen MR) is 57.0 cm³/mol. The third-order valence-electron chi connectivity index (χ3n) is 1.70. The van der Waals surface area contributed by atoms with Crippen LogP contribution in [0.3, 0.4) is 0 Å². The van der Waals surface area contributed by atoms with Crippen LogP contribution in [0.1, 0.15) is 13.3 Å². The first-order valence-corrected chi connectivity index (χ1v) is 3.99. The number of nitrogens with two attached hydrogens (primary N) is 1. The number of carbonyl (C=O) groups is 1. The van der Waals surface area contributed by atoms with Crippen LogP contribution in [0.4, 0.5) is 0 Å². The first kappa shape index (κ1) is 12.2. The van der Waals surface area contributed by atoms with Gasteiger partial charge in [-0.3, -0.25) is 9.79 Å². The average molecular weight is 251 g/mol. The van der Waals surface area contributed by atoms with E-state index in [0.29, 0.717) is 19.0 Å². The van der Waals surface area contributed by atoms with Crippen LogP contribution in [-0.4, -0.2) is 31.0 Å². The van der Waals surface area contributed by atoms with E-state index in [2.05, 4.69) is 15.6 Å². The van der Waals surface area contributed by atoms with Crippen molar-refractivity contribution in [2.45, 2.75) is 19.4 Å². The zero-order valence-electron chi connectivity index (χ0n) is 7.54. The molecule has 0 saturated carbocycles. The minimum Gasteiger partial charge on any atom is -0.370 e. The lowest BCUT2D eigenvalue weighted by atomic mass is 10.2. The van der Waals surface area contributed by atoms with Crippen LogP contribution in [0.25, 0.3) is 0 Å². The Hall–Kier alpha value is -0.780. The maximum absolute atomic E-state index is 10.5. The topological polar surface area (TPSA) is 79.5 Å². The van der Waals surface area contributed by atoms with E-state index in [1.54, 1.807) is 0 Å². The number of rotatable bonds is 3. The predicted octanol–water partition coefficient (Wildman–Crippen LogP) is -0.623. The number of nitrogens with zero attached hydrogens (tertiary/aromatic N) is 1. The maximum atomic E-state index is 10.5. The van der Waals surface area contributed by atoms with Gasteiger partial charge in [0.25, 0.3) is 0 Å². The molecule has 0 aromatic rings. The highest BCUT2D eigenvalue weighted by Crippen LogP contribution is 1.96. The number of nitrogens with one attached hydrogen (secondary N) is 2. The molecule has 1 amide bonds. The first-order valence-electron chi connectivity index (χ1n) is 3.99. The molecule has 1 aliphatic heterocycles. The second-order valence-corrected chi connectivity index (χ2v) is 2.84. The summed E-state index contributed by atoms with van der Waals surface area (Å²) in [6.07, 6.45) is 0.865. The summed E-state index contributed by atoms with van der Waals surface area (Å²) in [6.45, 7) is 2.90. The van der Waals surface area contributed by atoms with Crippen LogP contribution in [0, 0.1) is 0 Å². The molecule has 1 heterocycles. The summed E-state index contributed by atoms with van der Waals surface area (Å²) in [5.74, 6) is 0.504. The third kappa shape index (κ3) is 4.72.